The fourth-order valence-corrected chi connectivity index (χ4v) is 4.57. The molecule has 0 saturated heterocycles. The van der Waals surface area contributed by atoms with Gasteiger partial charge >= 0.3 is 0 Å². The minimum Gasteiger partial charge on any atom is -0.497 e. The first-order chi connectivity index (χ1) is 14.7. The van der Waals surface area contributed by atoms with Gasteiger partial charge in [-0.3, -0.25) is 4.90 Å². The van der Waals surface area contributed by atoms with Gasteiger partial charge in [-0.25, -0.2) is 0 Å². The minimum absolute atomic E-state index is 0.670. The van der Waals surface area contributed by atoms with E-state index in [-0.39, 0.29) is 0 Å². The number of aryl methyl sites for hydroxylation is 1. The van der Waals surface area contributed by atoms with Crippen LogP contribution in [0.3, 0.4) is 0 Å². The summed E-state index contributed by atoms with van der Waals surface area (Å²) in [5.41, 5.74) is 5.43. The van der Waals surface area contributed by atoms with E-state index in [2.05, 4.69) is 83.3 Å². The van der Waals surface area contributed by atoms with Gasteiger partial charge in [-0.15, -0.1) is 0 Å². The predicted octanol–water partition coefficient (Wildman–Crippen LogP) is 6.19. The Bertz CT molecular complexity index is 905. The molecule has 0 radical (unpaired) electrons. The molecule has 3 heteroatoms. The van der Waals surface area contributed by atoms with E-state index in [0.29, 0.717) is 6.04 Å². The summed E-state index contributed by atoms with van der Waals surface area (Å²) in [6, 6.07) is 22.6. The van der Waals surface area contributed by atoms with E-state index >= 15 is 0 Å². The molecule has 1 aliphatic carbocycles. The smallest absolute Gasteiger partial charge is 0.118 e. The Kier molecular flexibility index (Phi) is 6.91. The van der Waals surface area contributed by atoms with Crippen molar-refractivity contribution in [3.8, 4) is 5.75 Å². The van der Waals surface area contributed by atoms with Gasteiger partial charge in [0.15, 0.2) is 0 Å². The van der Waals surface area contributed by atoms with Gasteiger partial charge in [-0.2, -0.15) is 0 Å². The highest BCUT2D eigenvalue weighted by Crippen LogP contribution is 2.26. The van der Waals surface area contributed by atoms with Gasteiger partial charge in [0.05, 0.1) is 7.11 Å². The molecular weight excluding hydrogens is 368 g/mol. The summed E-state index contributed by atoms with van der Waals surface area (Å²) in [5.74, 6) is 0.926. The lowest BCUT2D eigenvalue weighted by atomic mass is 9.93. The van der Waals surface area contributed by atoms with Gasteiger partial charge in [0, 0.05) is 37.6 Å². The zero-order valence-corrected chi connectivity index (χ0v) is 18.4. The molecule has 2 aromatic carbocycles. The van der Waals surface area contributed by atoms with Crippen LogP contribution < -0.4 is 4.74 Å². The largest absolute Gasteiger partial charge is 0.497 e. The third kappa shape index (κ3) is 5.34. The van der Waals surface area contributed by atoms with Gasteiger partial charge in [0.25, 0.3) is 0 Å². The lowest BCUT2D eigenvalue weighted by Crippen LogP contribution is -2.36. The number of hydrogen-bond acceptors (Lipinski definition) is 2. The first-order valence-corrected chi connectivity index (χ1v) is 11.3. The normalized spacial score (nSPS) is 14.9. The number of ether oxygens (including phenoxy) is 1. The Labute approximate surface area is 181 Å². The fourth-order valence-electron chi connectivity index (χ4n) is 4.57. The van der Waals surface area contributed by atoms with Crippen molar-refractivity contribution in [3.63, 3.8) is 0 Å². The van der Waals surface area contributed by atoms with Crippen LogP contribution >= 0.6 is 0 Å². The molecule has 3 nitrogen and oxygen atoms in total. The molecule has 0 N–H and O–H groups in total. The molecule has 0 bridgehead atoms. The van der Waals surface area contributed by atoms with Gasteiger partial charge in [-0.05, 0) is 55.2 Å². The summed E-state index contributed by atoms with van der Waals surface area (Å²) >= 11 is 0. The topological polar surface area (TPSA) is 17.4 Å². The Hall–Kier alpha value is -2.52. The quantitative estimate of drug-likeness (QED) is 0.447. The molecule has 0 amide bonds. The van der Waals surface area contributed by atoms with Crippen molar-refractivity contribution in [3.05, 3.63) is 89.2 Å². The molecule has 30 heavy (non-hydrogen) atoms. The lowest BCUT2D eigenvalue weighted by molar-refractivity contribution is 0.137. The van der Waals surface area contributed by atoms with Crippen LogP contribution in [0.2, 0.25) is 0 Å². The maximum Gasteiger partial charge on any atom is 0.118 e. The molecular formula is C27H34N2O. The van der Waals surface area contributed by atoms with Crippen LogP contribution in [0, 0.1) is 6.92 Å². The first-order valence-electron chi connectivity index (χ1n) is 11.3. The monoisotopic (exact) mass is 402 g/mol. The van der Waals surface area contributed by atoms with E-state index in [9.17, 15) is 0 Å². The summed E-state index contributed by atoms with van der Waals surface area (Å²) in [7, 11) is 1.73. The molecule has 0 aliphatic heterocycles. The van der Waals surface area contributed by atoms with Gasteiger partial charge in [0.2, 0.25) is 0 Å². The molecule has 1 fully saturated rings. The Morgan fingerprint density at radius 1 is 0.867 bits per heavy atom. The van der Waals surface area contributed by atoms with E-state index in [4.69, 9.17) is 4.74 Å². The Morgan fingerprint density at radius 3 is 2.27 bits per heavy atom. The molecule has 1 aromatic heterocycles. The average Bonchev–Trinajstić information content (AvgIpc) is 3.22. The zero-order valence-electron chi connectivity index (χ0n) is 18.4. The third-order valence-electron chi connectivity index (χ3n) is 6.40. The van der Waals surface area contributed by atoms with Crippen molar-refractivity contribution < 1.29 is 4.74 Å². The lowest BCUT2D eigenvalue weighted by Gasteiger charge is -2.34. The summed E-state index contributed by atoms with van der Waals surface area (Å²) in [5, 5.41) is 0. The second kappa shape index (κ2) is 9.99. The zero-order chi connectivity index (χ0) is 20.8. The second-order valence-corrected chi connectivity index (χ2v) is 8.66. The highest BCUT2D eigenvalue weighted by molar-refractivity contribution is 5.27. The molecule has 158 valence electrons. The van der Waals surface area contributed by atoms with Crippen LogP contribution in [0.25, 0.3) is 0 Å². The van der Waals surface area contributed by atoms with Crippen LogP contribution in [0.5, 0.6) is 5.75 Å². The van der Waals surface area contributed by atoms with Crippen LogP contribution in [0.4, 0.5) is 0 Å². The first kappa shape index (κ1) is 20.7. The molecule has 1 aliphatic rings. The highest BCUT2D eigenvalue weighted by Gasteiger charge is 2.22. The average molecular weight is 403 g/mol. The number of benzene rings is 2. The number of rotatable bonds is 8. The molecule has 1 heterocycles. The van der Waals surface area contributed by atoms with E-state index < -0.39 is 0 Å². The maximum absolute atomic E-state index is 5.34. The van der Waals surface area contributed by atoms with E-state index in [1.54, 1.807) is 7.11 Å². The van der Waals surface area contributed by atoms with Crippen LogP contribution in [0.15, 0.2) is 66.9 Å². The van der Waals surface area contributed by atoms with Crippen molar-refractivity contribution in [2.75, 3.05) is 7.11 Å². The van der Waals surface area contributed by atoms with Crippen LogP contribution in [-0.2, 0) is 19.6 Å². The van der Waals surface area contributed by atoms with Crippen molar-refractivity contribution in [1.29, 1.82) is 0 Å². The fraction of sp³-hybridized carbons (Fsp3) is 0.407. The molecule has 0 unspecified atom stereocenters. The highest BCUT2D eigenvalue weighted by atomic mass is 16.5. The predicted molar refractivity (Wildman–Crippen MR) is 124 cm³/mol. The summed E-state index contributed by atoms with van der Waals surface area (Å²) in [6.07, 6.45) is 8.95. The number of methoxy groups -OCH3 is 1. The van der Waals surface area contributed by atoms with Crippen molar-refractivity contribution in [1.82, 2.24) is 9.47 Å². The molecule has 1 saturated carbocycles. The second-order valence-electron chi connectivity index (χ2n) is 8.66. The third-order valence-corrected chi connectivity index (χ3v) is 6.40. The van der Waals surface area contributed by atoms with E-state index in [1.165, 1.54) is 54.5 Å². The Morgan fingerprint density at radius 2 is 1.57 bits per heavy atom. The van der Waals surface area contributed by atoms with Crippen LogP contribution in [-0.4, -0.2) is 22.6 Å². The SMILES string of the molecule is COc1ccc(CN(Cc2cccn2Cc2ccc(C)cc2)C2CCCCC2)cc1. The van der Waals surface area contributed by atoms with Crippen molar-refractivity contribution in [2.24, 2.45) is 0 Å². The molecule has 0 atom stereocenters. The van der Waals surface area contributed by atoms with Crippen LogP contribution in [0.1, 0.15) is 54.5 Å². The van der Waals surface area contributed by atoms with Gasteiger partial charge in [0.1, 0.15) is 5.75 Å². The number of aromatic nitrogens is 1. The number of hydrogen-bond donors (Lipinski definition) is 0. The van der Waals surface area contributed by atoms with Gasteiger partial charge in [-0.1, -0.05) is 61.2 Å². The minimum atomic E-state index is 0.670. The molecule has 4 rings (SSSR count). The molecule has 3 aromatic rings. The number of nitrogens with zero attached hydrogens (tertiary/aromatic N) is 2. The van der Waals surface area contributed by atoms with Crippen molar-refractivity contribution in [2.45, 2.75) is 64.7 Å². The summed E-state index contributed by atoms with van der Waals surface area (Å²) < 4.78 is 7.75. The Balaban J connectivity index is 1.51. The van der Waals surface area contributed by atoms with E-state index in [1.807, 2.05) is 0 Å². The molecule has 0 spiro atoms. The van der Waals surface area contributed by atoms with Gasteiger partial charge < -0.3 is 9.30 Å². The summed E-state index contributed by atoms with van der Waals surface area (Å²) in [6.45, 7) is 5.07. The van der Waals surface area contributed by atoms with E-state index in [0.717, 1.165) is 25.4 Å². The summed E-state index contributed by atoms with van der Waals surface area (Å²) in [4.78, 5) is 2.70. The maximum atomic E-state index is 5.34. The standard InChI is InChI=1S/C27H34N2O/c1-22-10-12-23(13-11-22)19-28-18-6-9-26(28)21-29(25-7-4-3-5-8-25)20-24-14-16-27(30-2)17-15-24/h6,9-18,25H,3-5,7-8,19-21H2,1-2H3. The van der Waals surface area contributed by atoms with Crippen molar-refractivity contribution >= 4 is 0 Å².